The molecule has 0 aliphatic carbocycles. The molecule has 2 amide bonds. The highest BCUT2D eigenvalue weighted by molar-refractivity contribution is 5.76. The molecule has 0 saturated heterocycles. The highest BCUT2D eigenvalue weighted by Gasteiger charge is 1.95. The normalized spacial score (nSPS) is 8.50. The van der Waals surface area contributed by atoms with E-state index in [4.69, 9.17) is 0 Å². The first-order valence-corrected chi connectivity index (χ1v) is 3.25. The van der Waals surface area contributed by atoms with Crippen molar-refractivity contribution in [2.45, 2.75) is 13.3 Å². The van der Waals surface area contributed by atoms with Crippen molar-refractivity contribution < 1.29 is 9.59 Å². The van der Waals surface area contributed by atoms with E-state index in [1.54, 1.807) is 0 Å². The van der Waals surface area contributed by atoms with E-state index in [9.17, 15) is 9.59 Å². The Labute approximate surface area is 60.0 Å². The summed E-state index contributed by atoms with van der Waals surface area (Å²) in [5.41, 5.74) is 0. The van der Waals surface area contributed by atoms with Crippen molar-refractivity contribution in [3.8, 4) is 0 Å². The van der Waals surface area contributed by atoms with Gasteiger partial charge in [0.05, 0.1) is 0 Å². The van der Waals surface area contributed by atoms with Crippen molar-refractivity contribution in [3.63, 3.8) is 0 Å². The van der Waals surface area contributed by atoms with Crippen LogP contribution in [0.5, 0.6) is 0 Å². The van der Waals surface area contributed by atoms with Crippen LogP contribution in [-0.2, 0) is 9.59 Å². The van der Waals surface area contributed by atoms with Gasteiger partial charge in [-0.25, -0.2) is 0 Å². The molecule has 0 unspecified atom stereocenters. The zero-order valence-electron chi connectivity index (χ0n) is 6.02. The molecule has 4 heteroatoms. The van der Waals surface area contributed by atoms with Gasteiger partial charge in [-0.3, -0.25) is 9.59 Å². The smallest absolute Gasteiger partial charge is 0.221 e. The predicted octanol–water partition coefficient (Wildman–Crippen LogP) is -0.741. The second-order valence-corrected chi connectivity index (χ2v) is 1.78. The monoisotopic (exact) mass is 144 g/mol. The molecule has 0 radical (unpaired) electrons. The Morgan fingerprint density at radius 1 is 1.60 bits per heavy atom. The summed E-state index contributed by atoms with van der Waals surface area (Å²) in [5, 5.41) is 5.01. The highest BCUT2D eigenvalue weighted by atomic mass is 16.1. The lowest BCUT2D eigenvalue weighted by Crippen LogP contribution is -2.26. The molecule has 0 bridgehead atoms. The number of hydrogen-bond acceptors (Lipinski definition) is 2. The first kappa shape index (κ1) is 8.94. The van der Waals surface area contributed by atoms with Gasteiger partial charge in [-0.15, -0.1) is 0 Å². The number of hydrogen-bond donors (Lipinski definition) is 2. The summed E-state index contributed by atoms with van der Waals surface area (Å²) < 4.78 is 0. The summed E-state index contributed by atoms with van der Waals surface area (Å²) in [6.07, 6.45) is 0.936. The van der Waals surface area contributed by atoms with Crippen LogP contribution in [0, 0.1) is 0 Å². The van der Waals surface area contributed by atoms with Gasteiger partial charge in [-0.2, -0.15) is 0 Å². The van der Waals surface area contributed by atoms with Crippen LogP contribution in [0.25, 0.3) is 0 Å². The van der Waals surface area contributed by atoms with Crippen LogP contribution < -0.4 is 10.6 Å². The Kier molecular flexibility index (Phi) is 5.42. The number of carbonyl (C=O) groups is 2. The number of carbonyl (C=O) groups excluding carboxylic acids is 2. The molecule has 0 aromatic rings. The van der Waals surface area contributed by atoms with Crippen molar-refractivity contribution >= 4 is 12.3 Å². The molecule has 0 saturated carbocycles. The van der Waals surface area contributed by atoms with Crippen molar-refractivity contribution in [2.24, 2.45) is 0 Å². The zero-order valence-corrected chi connectivity index (χ0v) is 6.02. The molecule has 0 aliphatic rings. The number of amides is 2. The number of nitrogens with one attached hydrogen (secondary N) is 2. The van der Waals surface area contributed by atoms with E-state index in [2.05, 4.69) is 10.6 Å². The van der Waals surface area contributed by atoms with Gasteiger partial charge in [0, 0.05) is 19.5 Å². The fraction of sp³-hybridized carbons (Fsp3) is 0.667. The average Bonchev–Trinajstić information content (AvgIpc) is 1.89. The largest absolute Gasteiger partial charge is 0.358 e. The van der Waals surface area contributed by atoms with E-state index in [0.29, 0.717) is 25.9 Å². The summed E-state index contributed by atoms with van der Waals surface area (Å²) in [6, 6.07) is 0. The molecule has 0 heterocycles. The fourth-order valence-electron chi connectivity index (χ4n) is 0.530. The summed E-state index contributed by atoms with van der Waals surface area (Å²) in [5.74, 6) is -0.0307. The Morgan fingerprint density at radius 3 is 2.80 bits per heavy atom. The van der Waals surface area contributed by atoms with Gasteiger partial charge >= 0.3 is 0 Å². The van der Waals surface area contributed by atoms with Gasteiger partial charge in [0.25, 0.3) is 0 Å². The van der Waals surface area contributed by atoms with Crippen LogP contribution >= 0.6 is 0 Å². The Morgan fingerprint density at radius 2 is 2.30 bits per heavy atom. The predicted molar refractivity (Wildman–Crippen MR) is 37.4 cm³/mol. The third-order valence-corrected chi connectivity index (χ3v) is 0.954. The van der Waals surface area contributed by atoms with Crippen LogP contribution in [0.2, 0.25) is 0 Å². The molecular weight excluding hydrogens is 132 g/mol. The van der Waals surface area contributed by atoms with E-state index in [1.807, 2.05) is 6.92 Å². The van der Waals surface area contributed by atoms with Crippen molar-refractivity contribution in [3.05, 3.63) is 0 Å². The van der Waals surface area contributed by atoms with Crippen molar-refractivity contribution in [1.29, 1.82) is 0 Å². The van der Waals surface area contributed by atoms with Gasteiger partial charge in [-0.05, 0) is 6.92 Å². The summed E-state index contributed by atoms with van der Waals surface area (Å²) in [4.78, 5) is 20.4. The molecule has 0 aromatic heterocycles. The fourth-order valence-corrected chi connectivity index (χ4v) is 0.530. The molecule has 58 valence electrons. The van der Waals surface area contributed by atoms with Gasteiger partial charge in [0.1, 0.15) is 0 Å². The van der Waals surface area contributed by atoms with Gasteiger partial charge in [0.15, 0.2) is 0 Å². The maximum Gasteiger partial charge on any atom is 0.221 e. The summed E-state index contributed by atoms with van der Waals surface area (Å²) in [6.45, 7) is 2.90. The number of rotatable bonds is 5. The zero-order chi connectivity index (χ0) is 7.82. The molecular formula is C6H12N2O2. The maximum absolute atomic E-state index is 10.7. The highest BCUT2D eigenvalue weighted by Crippen LogP contribution is 1.74. The molecule has 2 N–H and O–H groups in total. The van der Waals surface area contributed by atoms with Gasteiger partial charge in [0.2, 0.25) is 12.3 Å². The van der Waals surface area contributed by atoms with E-state index in [0.717, 1.165) is 0 Å². The minimum Gasteiger partial charge on any atom is -0.358 e. The molecule has 10 heavy (non-hydrogen) atoms. The lowest BCUT2D eigenvalue weighted by Gasteiger charge is -1.99. The maximum atomic E-state index is 10.7. The Bertz CT molecular complexity index is 114. The van der Waals surface area contributed by atoms with Crippen molar-refractivity contribution in [2.75, 3.05) is 13.1 Å². The van der Waals surface area contributed by atoms with Crippen LogP contribution in [0.15, 0.2) is 0 Å². The minimum absolute atomic E-state index is 0.0307. The van der Waals surface area contributed by atoms with Crippen LogP contribution in [0.4, 0.5) is 0 Å². The lowest BCUT2D eigenvalue weighted by molar-refractivity contribution is -0.120. The van der Waals surface area contributed by atoms with E-state index in [1.165, 1.54) is 0 Å². The Hall–Kier alpha value is -1.06. The quantitative estimate of drug-likeness (QED) is 0.394. The summed E-state index contributed by atoms with van der Waals surface area (Å²) in [7, 11) is 0. The standard InChI is InChI=1S/C6H12N2O2/c1-2-8-6(10)3-4-7-5-9/h5H,2-4H2,1H3,(H,7,9)(H,8,10). The molecule has 0 aromatic carbocycles. The van der Waals surface area contributed by atoms with Crippen molar-refractivity contribution in [1.82, 2.24) is 10.6 Å². The van der Waals surface area contributed by atoms with Crippen LogP contribution in [0.3, 0.4) is 0 Å². The first-order valence-electron chi connectivity index (χ1n) is 3.25. The average molecular weight is 144 g/mol. The molecule has 0 fully saturated rings. The Balaban J connectivity index is 3.13. The third kappa shape index (κ3) is 5.08. The second kappa shape index (κ2) is 6.07. The lowest BCUT2D eigenvalue weighted by atomic mass is 10.4. The SMILES string of the molecule is CCNC(=O)CCNC=O. The summed E-state index contributed by atoms with van der Waals surface area (Å²) >= 11 is 0. The second-order valence-electron chi connectivity index (χ2n) is 1.78. The van der Waals surface area contributed by atoms with E-state index < -0.39 is 0 Å². The molecule has 0 spiro atoms. The topological polar surface area (TPSA) is 58.2 Å². The van der Waals surface area contributed by atoms with Crippen LogP contribution in [0.1, 0.15) is 13.3 Å². The molecule has 0 aliphatic heterocycles. The molecule has 4 nitrogen and oxygen atoms in total. The first-order chi connectivity index (χ1) is 4.81. The van der Waals surface area contributed by atoms with E-state index in [-0.39, 0.29) is 5.91 Å². The molecule has 0 atom stereocenters. The van der Waals surface area contributed by atoms with Crippen LogP contribution in [-0.4, -0.2) is 25.4 Å². The van der Waals surface area contributed by atoms with E-state index >= 15 is 0 Å². The third-order valence-electron chi connectivity index (χ3n) is 0.954. The van der Waals surface area contributed by atoms with Gasteiger partial charge < -0.3 is 10.6 Å². The molecule has 0 rings (SSSR count). The minimum atomic E-state index is -0.0307. The van der Waals surface area contributed by atoms with Gasteiger partial charge in [-0.1, -0.05) is 0 Å².